The first-order valence-corrected chi connectivity index (χ1v) is 8.10. The quantitative estimate of drug-likeness (QED) is 0.711. The van der Waals surface area contributed by atoms with E-state index in [1.807, 2.05) is 22.9 Å². The van der Waals surface area contributed by atoms with Gasteiger partial charge < -0.3 is 24.8 Å². The molecule has 116 valence electrons. The predicted molar refractivity (Wildman–Crippen MR) is 78.1 cm³/mol. The van der Waals surface area contributed by atoms with E-state index in [2.05, 4.69) is 0 Å². The average molecular weight is 312 g/mol. The molecule has 1 saturated heterocycles. The Balaban J connectivity index is 1.52. The lowest BCUT2D eigenvalue weighted by Crippen LogP contribution is -2.20. The molecule has 6 heteroatoms. The van der Waals surface area contributed by atoms with Crippen molar-refractivity contribution < 1.29 is 24.8 Å². The monoisotopic (exact) mass is 312 g/mol. The summed E-state index contributed by atoms with van der Waals surface area (Å²) in [5.41, 5.74) is 0. The lowest BCUT2D eigenvalue weighted by Gasteiger charge is -2.16. The molecule has 6 atom stereocenters. The van der Waals surface area contributed by atoms with E-state index >= 15 is 0 Å². The van der Waals surface area contributed by atoms with E-state index in [9.17, 15) is 15.3 Å². The first-order chi connectivity index (χ1) is 10.1. The van der Waals surface area contributed by atoms with E-state index in [1.165, 1.54) is 0 Å². The molecule has 0 amide bonds. The number of aliphatic hydroxyl groups excluding tert-OH is 3. The van der Waals surface area contributed by atoms with Crippen molar-refractivity contribution in [2.24, 2.45) is 11.8 Å². The molecule has 6 unspecified atom stereocenters. The highest BCUT2D eigenvalue weighted by Crippen LogP contribution is 2.43. The van der Waals surface area contributed by atoms with Crippen molar-refractivity contribution in [3.8, 4) is 5.75 Å². The predicted octanol–water partition coefficient (Wildman–Crippen LogP) is 1.15. The molecule has 2 heterocycles. The van der Waals surface area contributed by atoms with Crippen molar-refractivity contribution in [3.05, 3.63) is 29.0 Å². The van der Waals surface area contributed by atoms with Crippen molar-refractivity contribution in [2.75, 3.05) is 6.61 Å². The maximum atomic E-state index is 10.0. The lowest BCUT2D eigenvalue weighted by atomic mass is 9.91. The van der Waals surface area contributed by atoms with E-state index in [4.69, 9.17) is 9.47 Å². The molecule has 1 aliphatic carbocycles. The normalized spacial score (nSPS) is 37.0. The Hall–Kier alpha value is -0.920. The Kier molecular flexibility index (Phi) is 4.61. The largest absolute Gasteiger partial charge is 0.490 e. The summed E-state index contributed by atoms with van der Waals surface area (Å²) in [5.74, 6) is 0.792. The molecule has 0 bridgehead atoms. The number of fused-ring (bicyclic) bond motifs is 1. The molecule has 2 aliphatic rings. The van der Waals surface area contributed by atoms with Gasteiger partial charge in [0.15, 0.2) is 6.29 Å². The molecule has 1 saturated carbocycles. The zero-order chi connectivity index (χ0) is 14.8. The van der Waals surface area contributed by atoms with Crippen LogP contribution in [0.4, 0.5) is 0 Å². The number of rotatable bonds is 5. The van der Waals surface area contributed by atoms with Gasteiger partial charge in [0.05, 0.1) is 12.2 Å². The molecular formula is C15H20O5S. The minimum absolute atomic E-state index is 0.0798. The van der Waals surface area contributed by atoms with Crippen molar-refractivity contribution in [1.29, 1.82) is 0 Å². The number of hydrogen-bond donors (Lipinski definition) is 3. The van der Waals surface area contributed by atoms with Crippen LogP contribution in [0.3, 0.4) is 0 Å². The first-order valence-electron chi connectivity index (χ1n) is 7.16. The third-order valence-electron chi connectivity index (χ3n) is 4.17. The SMILES string of the molecule is OC(C=CC1C(O)CC2OC(O)CC21)COc1ccsc1. The van der Waals surface area contributed by atoms with Gasteiger partial charge in [-0.2, -0.15) is 0 Å². The minimum Gasteiger partial charge on any atom is -0.490 e. The highest BCUT2D eigenvalue weighted by Gasteiger charge is 2.47. The highest BCUT2D eigenvalue weighted by atomic mass is 32.1. The standard InChI is InChI=1S/C15H20O5S/c16-9(7-19-10-3-4-21-8-10)1-2-11-12-5-15(18)20-14(12)6-13(11)17/h1-4,8-9,11-18H,5-7H2. The molecule has 0 spiro atoms. The third-order valence-corrected chi connectivity index (χ3v) is 4.83. The smallest absolute Gasteiger partial charge is 0.155 e. The summed E-state index contributed by atoms with van der Waals surface area (Å²) in [6.45, 7) is 0.184. The van der Waals surface area contributed by atoms with Crippen molar-refractivity contribution >= 4 is 11.3 Å². The van der Waals surface area contributed by atoms with Crippen LogP contribution in [0.25, 0.3) is 0 Å². The van der Waals surface area contributed by atoms with Crippen LogP contribution in [0.15, 0.2) is 29.0 Å². The van der Waals surface area contributed by atoms with Gasteiger partial charge in [0.25, 0.3) is 0 Å². The fourth-order valence-corrected chi connectivity index (χ4v) is 3.73. The zero-order valence-corrected chi connectivity index (χ0v) is 12.4. The summed E-state index contributed by atoms with van der Waals surface area (Å²) in [7, 11) is 0. The second kappa shape index (κ2) is 6.46. The van der Waals surface area contributed by atoms with E-state index in [0.29, 0.717) is 12.8 Å². The maximum Gasteiger partial charge on any atom is 0.155 e. The van der Waals surface area contributed by atoms with E-state index < -0.39 is 18.5 Å². The summed E-state index contributed by atoms with van der Waals surface area (Å²) in [6, 6.07) is 1.85. The molecule has 21 heavy (non-hydrogen) atoms. The van der Waals surface area contributed by atoms with E-state index in [1.54, 1.807) is 17.4 Å². The Morgan fingerprint density at radius 2 is 2.29 bits per heavy atom. The second-order valence-corrected chi connectivity index (χ2v) is 6.41. The first kappa shape index (κ1) is 15.0. The van der Waals surface area contributed by atoms with Gasteiger partial charge in [-0.15, -0.1) is 11.3 Å². The summed E-state index contributed by atoms with van der Waals surface area (Å²) in [4.78, 5) is 0. The van der Waals surface area contributed by atoms with E-state index in [-0.39, 0.29) is 24.5 Å². The molecular weight excluding hydrogens is 292 g/mol. The van der Waals surface area contributed by atoms with Crippen molar-refractivity contribution in [3.63, 3.8) is 0 Å². The van der Waals surface area contributed by atoms with Gasteiger partial charge in [-0.25, -0.2) is 0 Å². The number of ether oxygens (including phenoxy) is 2. The molecule has 0 aromatic carbocycles. The number of hydrogen-bond acceptors (Lipinski definition) is 6. The maximum absolute atomic E-state index is 10.0. The van der Waals surface area contributed by atoms with Gasteiger partial charge in [-0.3, -0.25) is 0 Å². The zero-order valence-electron chi connectivity index (χ0n) is 11.5. The molecule has 5 nitrogen and oxygen atoms in total. The fraction of sp³-hybridized carbons (Fsp3) is 0.600. The molecule has 2 fully saturated rings. The summed E-state index contributed by atoms with van der Waals surface area (Å²) in [6.07, 6.45) is 2.57. The highest BCUT2D eigenvalue weighted by molar-refractivity contribution is 7.08. The summed E-state index contributed by atoms with van der Waals surface area (Å²) in [5, 5.41) is 33.3. The van der Waals surface area contributed by atoms with Crippen LogP contribution in [0, 0.1) is 11.8 Å². The van der Waals surface area contributed by atoms with Crippen LogP contribution in [0.1, 0.15) is 12.8 Å². The number of aliphatic hydroxyl groups is 3. The fourth-order valence-electron chi connectivity index (χ4n) is 3.16. The topological polar surface area (TPSA) is 79.2 Å². The second-order valence-electron chi connectivity index (χ2n) is 5.63. The Bertz CT molecular complexity index is 474. The Morgan fingerprint density at radius 3 is 3.05 bits per heavy atom. The molecule has 1 aromatic rings. The molecule has 3 rings (SSSR count). The van der Waals surface area contributed by atoms with Crippen LogP contribution in [0.2, 0.25) is 0 Å². The Labute approximate surface area is 127 Å². The molecule has 1 aromatic heterocycles. The van der Waals surface area contributed by atoms with Gasteiger partial charge in [0, 0.05) is 24.1 Å². The third kappa shape index (κ3) is 3.46. The molecule has 1 aliphatic heterocycles. The van der Waals surface area contributed by atoms with Crippen LogP contribution < -0.4 is 4.74 Å². The van der Waals surface area contributed by atoms with Gasteiger partial charge in [0.2, 0.25) is 0 Å². The van der Waals surface area contributed by atoms with Gasteiger partial charge in [-0.05, 0) is 17.4 Å². The van der Waals surface area contributed by atoms with Gasteiger partial charge in [-0.1, -0.05) is 12.2 Å². The van der Waals surface area contributed by atoms with Crippen LogP contribution >= 0.6 is 11.3 Å². The lowest BCUT2D eigenvalue weighted by molar-refractivity contribution is -0.0949. The summed E-state index contributed by atoms with van der Waals surface area (Å²) >= 11 is 1.54. The van der Waals surface area contributed by atoms with Crippen LogP contribution in [-0.2, 0) is 4.74 Å². The Morgan fingerprint density at radius 1 is 1.43 bits per heavy atom. The van der Waals surface area contributed by atoms with Crippen LogP contribution in [-0.4, -0.2) is 46.5 Å². The van der Waals surface area contributed by atoms with E-state index in [0.717, 1.165) is 5.75 Å². The number of thiophene rings is 1. The minimum atomic E-state index is -0.727. The van der Waals surface area contributed by atoms with Crippen LogP contribution in [0.5, 0.6) is 5.75 Å². The average Bonchev–Trinajstić information content (AvgIpc) is 3.11. The van der Waals surface area contributed by atoms with Gasteiger partial charge >= 0.3 is 0 Å². The van der Waals surface area contributed by atoms with Gasteiger partial charge in [0.1, 0.15) is 18.5 Å². The van der Waals surface area contributed by atoms with Crippen molar-refractivity contribution in [1.82, 2.24) is 0 Å². The summed E-state index contributed by atoms with van der Waals surface area (Å²) < 4.78 is 10.8. The van der Waals surface area contributed by atoms with Crippen molar-refractivity contribution in [2.45, 2.75) is 37.4 Å². The molecule has 0 radical (unpaired) electrons. The molecule has 3 N–H and O–H groups in total.